The predicted octanol–water partition coefficient (Wildman–Crippen LogP) is 6.93. The smallest absolute Gasteiger partial charge is 0.418 e. The Bertz CT molecular complexity index is 1910. The Morgan fingerprint density at radius 3 is 2.38 bits per heavy atom. The van der Waals surface area contributed by atoms with Crippen molar-refractivity contribution in [3.8, 4) is 17.3 Å². The molecule has 4 aliphatic rings. The van der Waals surface area contributed by atoms with Crippen molar-refractivity contribution in [2.45, 2.75) is 83.2 Å². The quantitative estimate of drug-likeness (QED) is 0.146. The summed E-state index contributed by atoms with van der Waals surface area (Å²) in [5.74, 6) is -0.780. The van der Waals surface area contributed by atoms with Crippen molar-refractivity contribution in [2.24, 2.45) is 10.6 Å². The SMILES string of the molecule is CON=C1CCN(CC2(COc3nc(N4C[C@H]5CC[C@@H](C4)N5C(=O)OC(C)(C)C)c4cnc(-c5cc(N)cc(Cl)c5C(F)(F)F)c(F)c4n3)CC2)CC1. The van der Waals surface area contributed by atoms with E-state index < -0.39 is 45.5 Å². The number of likely N-dealkylation sites (tertiary alicyclic amines) is 1. The number of amides is 1. The Labute approximate surface area is 309 Å². The number of hydrogen-bond donors (Lipinski definition) is 1. The molecule has 2 N–H and O–H groups in total. The lowest BCUT2D eigenvalue weighted by Gasteiger charge is -2.42. The molecule has 0 radical (unpaired) electrons. The highest BCUT2D eigenvalue weighted by Gasteiger charge is 2.47. The highest BCUT2D eigenvalue weighted by atomic mass is 35.5. The van der Waals surface area contributed by atoms with E-state index in [-0.39, 0.29) is 46.7 Å². The minimum absolute atomic E-state index is 0.0873. The molecule has 1 aliphatic carbocycles. The maximum Gasteiger partial charge on any atom is 0.418 e. The van der Waals surface area contributed by atoms with E-state index in [1.165, 1.54) is 6.20 Å². The van der Waals surface area contributed by atoms with E-state index in [0.717, 1.165) is 76.0 Å². The number of carbonyl (C=O) groups excluding carboxylic acids is 1. The van der Waals surface area contributed by atoms with Crippen LogP contribution in [0.2, 0.25) is 5.02 Å². The maximum absolute atomic E-state index is 16.7. The number of piperazine rings is 1. The second-order valence-corrected chi connectivity index (χ2v) is 15.9. The zero-order valence-electron chi connectivity index (χ0n) is 30.1. The molecule has 4 fully saturated rings. The van der Waals surface area contributed by atoms with Crippen LogP contribution in [0.4, 0.5) is 33.9 Å². The van der Waals surface area contributed by atoms with Gasteiger partial charge < -0.3 is 29.8 Å². The van der Waals surface area contributed by atoms with Gasteiger partial charge in [0.15, 0.2) is 5.82 Å². The minimum Gasteiger partial charge on any atom is -0.463 e. The van der Waals surface area contributed by atoms with Gasteiger partial charge in [-0.15, -0.1) is 0 Å². The second-order valence-electron chi connectivity index (χ2n) is 15.5. The number of ether oxygens (including phenoxy) is 2. The van der Waals surface area contributed by atoms with Crippen molar-refractivity contribution in [2.75, 3.05) is 57.1 Å². The fourth-order valence-corrected chi connectivity index (χ4v) is 8.05. The molecule has 3 aliphatic heterocycles. The number of carbonyl (C=O) groups is 1. The molecule has 7 rings (SSSR count). The van der Waals surface area contributed by atoms with Crippen molar-refractivity contribution in [1.29, 1.82) is 0 Å². The monoisotopic (exact) mass is 762 g/mol. The third-order valence-corrected chi connectivity index (χ3v) is 10.7. The van der Waals surface area contributed by atoms with Crippen LogP contribution in [0.1, 0.15) is 64.9 Å². The molecule has 12 nitrogen and oxygen atoms in total. The molecule has 2 bridgehead atoms. The lowest BCUT2D eigenvalue weighted by atomic mass is 10.0. The van der Waals surface area contributed by atoms with Gasteiger partial charge in [0, 0.05) is 68.4 Å². The lowest BCUT2D eigenvalue weighted by molar-refractivity contribution is -0.137. The molecule has 1 aromatic carbocycles. The number of piperidine rings is 1. The number of nitrogen functional groups attached to an aromatic ring is 1. The molecule has 3 saturated heterocycles. The van der Waals surface area contributed by atoms with Crippen LogP contribution in [0, 0.1) is 11.2 Å². The summed E-state index contributed by atoms with van der Waals surface area (Å²) in [7, 11) is 1.54. The number of oxime groups is 1. The van der Waals surface area contributed by atoms with Gasteiger partial charge in [-0.25, -0.2) is 9.18 Å². The Kier molecular flexibility index (Phi) is 9.75. The van der Waals surface area contributed by atoms with Crippen LogP contribution in [-0.2, 0) is 15.8 Å². The third-order valence-electron chi connectivity index (χ3n) is 10.4. The third kappa shape index (κ3) is 7.75. The van der Waals surface area contributed by atoms with Crippen molar-refractivity contribution in [3.05, 3.63) is 34.7 Å². The zero-order valence-corrected chi connectivity index (χ0v) is 30.9. The minimum atomic E-state index is -4.92. The van der Waals surface area contributed by atoms with Crippen LogP contribution >= 0.6 is 11.6 Å². The largest absolute Gasteiger partial charge is 0.463 e. The number of nitrogens with two attached hydrogens (primary N) is 1. The van der Waals surface area contributed by atoms with E-state index in [1.54, 1.807) is 12.0 Å². The van der Waals surface area contributed by atoms with Gasteiger partial charge in [0.05, 0.1) is 40.4 Å². The molecule has 0 unspecified atom stereocenters. The first-order chi connectivity index (χ1) is 25.0. The summed E-state index contributed by atoms with van der Waals surface area (Å²) in [5.41, 5.74) is 3.29. The molecule has 1 saturated carbocycles. The molecule has 5 heterocycles. The topological polar surface area (TPSA) is 132 Å². The van der Waals surface area contributed by atoms with E-state index in [2.05, 4.69) is 20.0 Å². The van der Waals surface area contributed by atoms with E-state index >= 15 is 4.39 Å². The number of pyridine rings is 1. The maximum atomic E-state index is 16.7. The Hall–Kier alpha value is -4.18. The van der Waals surface area contributed by atoms with Crippen LogP contribution in [0.5, 0.6) is 6.01 Å². The van der Waals surface area contributed by atoms with Gasteiger partial charge in [-0.2, -0.15) is 23.1 Å². The van der Waals surface area contributed by atoms with Gasteiger partial charge in [0.2, 0.25) is 0 Å². The first kappa shape index (κ1) is 37.1. The number of aromatic nitrogens is 3. The fraction of sp³-hybridized carbons (Fsp3) is 0.583. The van der Waals surface area contributed by atoms with Gasteiger partial charge in [-0.05, 0) is 58.6 Å². The van der Waals surface area contributed by atoms with Crippen molar-refractivity contribution in [3.63, 3.8) is 0 Å². The van der Waals surface area contributed by atoms with E-state index in [1.807, 2.05) is 25.7 Å². The second kappa shape index (κ2) is 13.9. The molecule has 53 heavy (non-hydrogen) atoms. The number of hydrogen-bond acceptors (Lipinski definition) is 11. The molecule has 1 amide bonds. The van der Waals surface area contributed by atoms with Crippen molar-refractivity contribution in [1.82, 2.24) is 24.8 Å². The number of anilines is 2. The van der Waals surface area contributed by atoms with Crippen molar-refractivity contribution >= 4 is 45.8 Å². The molecule has 286 valence electrons. The summed E-state index contributed by atoms with van der Waals surface area (Å²) in [6.45, 7) is 8.91. The number of alkyl halides is 3. The number of fused-ring (bicyclic) bond motifs is 3. The lowest BCUT2D eigenvalue weighted by Crippen LogP contribution is -2.57. The van der Waals surface area contributed by atoms with E-state index in [4.69, 9.17) is 36.6 Å². The van der Waals surface area contributed by atoms with Gasteiger partial charge in [-0.1, -0.05) is 16.8 Å². The molecule has 3 aromatic rings. The predicted molar refractivity (Wildman–Crippen MR) is 192 cm³/mol. The highest BCUT2D eigenvalue weighted by molar-refractivity contribution is 6.32. The van der Waals surface area contributed by atoms with Gasteiger partial charge in [0.25, 0.3) is 0 Å². The average molecular weight is 763 g/mol. The Morgan fingerprint density at radius 1 is 1.09 bits per heavy atom. The van der Waals surface area contributed by atoms with Gasteiger partial charge >= 0.3 is 18.3 Å². The number of halogens is 5. The molecule has 2 atom stereocenters. The summed E-state index contributed by atoms with van der Waals surface area (Å²) in [6, 6.07) is 1.46. The van der Waals surface area contributed by atoms with Gasteiger partial charge in [-0.3, -0.25) is 9.88 Å². The molecule has 2 aromatic heterocycles. The summed E-state index contributed by atoms with van der Waals surface area (Å²) >= 11 is 6.02. The first-order valence-electron chi connectivity index (χ1n) is 17.8. The van der Waals surface area contributed by atoms with Crippen LogP contribution in [0.3, 0.4) is 0 Å². The molecule has 17 heteroatoms. The van der Waals surface area contributed by atoms with Crippen molar-refractivity contribution < 1.29 is 36.7 Å². The average Bonchev–Trinajstić information content (AvgIpc) is 3.78. The van der Waals surface area contributed by atoms with Crippen LogP contribution in [0.25, 0.3) is 22.2 Å². The van der Waals surface area contributed by atoms with Crippen LogP contribution in [-0.4, -0.2) is 101 Å². The van der Waals surface area contributed by atoms with E-state index in [0.29, 0.717) is 18.9 Å². The Morgan fingerprint density at radius 2 is 1.77 bits per heavy atom. The van der Waals surface area contributed by atoms with Crippen LogP contribution in [0.15, 0.2) is 23.5 Å². The summed E-state index contributed by atoms with van der Waals surface area (Å²) in [4.78, 5) is 37.6. The first-order valence-corrected chi connectivity index (χ1v) is 18.1. The normalized spacial score (nSPS) is 21.6. The zero-order chi connectivity index (χ0) is 37.9. The number of benzene rings is 1. The highest BCUT2D eigenvalue weighted by Crippen LogP contribution is 2.48. The number of nitrogens with zero attached hydrogens (tertiary/aromatic N) is 7. The number of rotatable bonds is 8. The van der Waals surface area contributed by atoms with Crippen LogP contribution < -0.4 is 15.4 Å². The summed E-state index contributed by atoms with van der Waals surface area (Å²) in [6.07, 6.45) is 0.902. The molecular formula is C36H43ClF4N8O4. The standard InChI is InChI=1S/C36H43ClF4N8O4/c1-34(2,3)53-33(50)49-22-5-6-23(49)17-48(16-22)31-25-15-43-29(24-13-20(42)14-26(37)27(24)36(39,40)41)28(38)30(25)44-32(45-31)52-19-35(9-10-35)18-47-11-7-21(8-12-47)46-51-4/h13-15,22-23H,5-12,16-19,42H2,1-4H3/t22-,23+. The fourth-order valence-electron chi connectivity index (χ4n) is 7.71. The Balaban J connectivity index is 1.23. The molecular weight excluding hydrogens is 720 g/mol. The van der Waals surface area contributed by atoms with E-state index in [9.17, 15) is 18.0 Å². The molecule has 0 spiro atoms. The van der Waals surface area contributed by atoms with Gasteiger partial charge in [0.1, 0.15) is 29.7 Å². The summed E-state index contributed by atoms with van der Waals surface area (Å²) < 4.78 is 71.5. The summed E-state index contributed by atoms with van der Waals surface area (Å²) in [5, 5.41) is 3.61.